The van der Waals surface area contributed by atoms with Crippen LogP contribution in [-0.4, -0.2) is 46.4 Å². The fraction of sp³-hybridized carbons (Fsp3) is 0.263. The second-order valence-corrected chi connectivity index (χ2v) is 6.06. The van der Waals surface area contributed by atoms with E-state index in [-0.39, 0.29) is 11.6 Å². The number of imidazole rings is 1. The first-order chi connectivity index (χ1) is 12.2. The lowest BCUT2D eigenvalue weighted by Gasteiger charge is -2.25. The Bertz CT molecular complexity index is 899. The zero-order valence-electron chi connectivity index (χ0n) is 13.7. The minimum Gasteiger partial charge on any atom is -0.379 e. The third-order valence-electron chi connectivity index (χ3n) is 4.41. The lowest BCUT2D eigenvalue weighted by molar-refractivity contribution is 0.0338. The van der Waals surface area contributed by atoms with Gasteiger partial charge in [0.2, 0.25) is 5.78 Å². The first kappa shape index (κ1) is 15.9. The summed E-state index contributed by atoms with van der Waals surface area (Å²) in [7, 11) is 0. The fourth-order valence-electron chi connectivity index (χ4n) is 3.08. The summed E-state index contributed by atoms with van der Waals surface area (Å²) in [5, 5.41) is 0. The number of rotatable bonds is 4. The highest BCUT2D eigenvalue weighted by molar-refractivity contribution is 6.07. The molecule has 1 aliphatic heterocycles. The fourth-order valence-corrected chi connectivity index (χ4v) is 3.08. The number of nitrogens with zero attached hydrogens (tertiary/aromatic N) is 3. The number of carbonyl (C=O) groups excluding carboxylic acids is 1. The molecule has 1 saturated heterocycles. The van der Waals surface area contributed by atoms with Crippen LogP contribution in [0.3, 0.4) is 0 Å². The van der Waals surface area contributed by atoms with Gasteiger partial charge in [-0.2, -0.15) is 0 Å². The van der Waals surface area contributed by atoms with E-state index in [0.717, 1.165) is 24.3 Å². The molecule has 3 aromatic rings. The van der Waals surface area contributed by atoms with Gasteiger partial charge in [-0.25, -0.2) is 9.37 Å². The van der Waals surface area contributed by atoms with Crippen molar-refractivity contribution in [2.45, 2.75) is 6.54 Å². The molecule has 0 atom stereocenters. The van der Waals surface area contributed by atoms with Crippen molar-refractivity contribution in [2.75, 3.05) is 26.3 Å². The van der Waals surface area contributed by atoms with Crippen LogP contribution in [0.1, 0.15) is 21.9 Å². The van der Waals surface area contributed by atoms with Crippen molar-refractivity contribution in [1.82, 2.24) is 14.3 Å². The van der Waals surface area contributed by atoms with Crippen LogP contribution < -0.4 is 0 Å². The van der Waals surface area contributed by atoms with Crippen molar-refractivity contribution in [2.24, 2.45) is 0 Å². The lowest BCUT2D eigenvalue weighted by Crippen LogP contribution is -2.35. The number of benzene rings is 1. The molecule has 2 aromatic heterocycles. The minimum atomic E-state index is -0.363. The summed E-state index contributed by atoms with van der Waals surface area (Å²) in [6.45, 7) is 3.81. The molecule has 0 saturated carbocycles. The van der Waals surface area contributed by atoms with Gasteiger partial charge in [0, 0.05) is 31.4 Å². The minimum absolute atomic E-state index is 0.213. The molecule has 25 heavy (non-hydrogen) atoms. The molecule has 6 heteroatoms. The molecule has 128 valence electrons. The number of hydrogen-bond donors (Lipinski definition) is 0. The van der Waals surface area contributed by atoms with Crippen LogP contribution >= 0.6 is 0 Å². The molecular formula is C19H18FN3O2. The van der Waals surface area contributed by atoms with Crippen LogP contribution in [0.15, 0.2) is 48.7 Å². The quantitative estimate of drug-likeness (QED) is 0.686. The smallest absolute Gasteiger partial charge is 0.228 e. The molecule has 0 bridgehead atoms. The molecule has 5 nitrogen and oxygen atoms in total. The number of ketones is 1. The third-order valence-corrected chi connectivity index (χ3v) is 4.41. The largest absolute Gasteiger partial charge is 0.379 e. The van der Waals surface area contributed by atoms with Gasteiger partial charge in [0.05, 0.1) is 24.4 Å². The summed E-state index contributed by atoms with van der Waals surface area (Å²) in [5.74, 6) is -0.225. The van der Waals surface area contributed by atoms with Crippen molar-refractivity contribution in [3.63, 3.8) is 0 Å². The highest BCUT2D eigenvalue weighted by Crippen LogP contribution is 2.18. The molecule has 0 N–H and O–H groups in total. The van der Waals surface area contributed by atoms with Gasteiger partial charge in [0.15, 0.2) is 5.82 Å². The maximum atomic E-state index is 13.1. The number of aromatic nitrogens is 2. The van der Waals surface area contributed by atoms with Crippen LogP contribution in [0.25, 0.3) is 5.52 Å². The van der Waals surface area contributed by atoms with Crippen molar-refractivity contribution < 1.29 is 13.9 Å². The van der Waals surface area contributed by atoms with Crippen LogP contribution in [-0.2, 0) is 11.3 Å². The summed E-state index contributed by atoms with van der Waals surface area (Å²) in [4.78, 5) is 19.7. The predicted molar refractivity (Wildman–Crippen MR) is 91.1 cm³/mol. The van der Waals surface area contributed by atoms with E-state index in [1.54, 1.807) is 0 Å². The monoisotopic (exact) mass is 339 g/mol. The highest BCUT2D eigenvalue weighted by atomic mass is 19.1. The average molecular weight is 339 g/mol. The second-order valence-electron chi connectivity index (χ2n) is 6.06. The van der Waals surface area contributed by atoms with E-state index in [0.29, 0.717) is 31.1 Å². The molecule has 3 heterocycles. The van der Waals surface area contributed by atoms with Crippen LogP contribution in [0, 0.1) is 5.82 Å². The van der Waals surface area contributed by atoms with Crippen molar-refractivity contribution in [3.05, 3.63) is 71.6 Å². The number of halogens is 1. The van der Waals surface area contributed by atoms with Gasteiger partial charge >= 0.3 is 0 Å². The van der Waals surface area contributed by atoms with Crippen molar-refractivity contribution in [3.8, 4) is 0 Å². The molecule has 1 aromatic carbocycles. The Morgan fingerprint density at radius 2 is 1.88 bits per heavy atom. The van der Waals surface area contributed by atoms with E-state index < -0.39 is 0 Å². The highest BCUT2D eigenvalue weighted by Gasteiger charge is 2.21. The summed E-state index contributed by atoms with van der Waals surface area (Å²) in [6, 6.07) is 11.3. The molecule has 1 aliphatic rings. The zero-order valence-corrected chi connectivity index (χ0v) is 13.7. The molecule has 1 fully saturated rings. The maximum Gasteiger partial charge on any atom is 0.228 e. The number of hydrogen-bond acceptors (Lipinski definition) is 4. The van der Waals surface area contributed by atoms with E-state index in [2.05, 4.69) is 9.88 Å². The summed E-state index contributed by atoms with van der Waals surface area (Å²) in [6.07, 6.45) is 1.84. The summed E-state index contributed by atoms with van der Waals surface area (Å²) < 4.78 is 20.3. The standard InChI is InChI=1S/C19H18FN3O2/c20-15-6-4-14(5-7-15)18(24)19-21-16(13-22-9-11-25-12-10-22)17-3-1-2-8-23(17)19/h1-8H,9-13H2. The van der Waals surface area contributed by atoms with Gasteiger partial charge < -0.3 is 4.74 Å². The molecule has 4 rings (SSSR count). The first-order valence-corrected chi connectivity index (χ1v) is 8.29. The summed E-state index contributed by atoms with van der Waals surface area (Å²) >= 11 is 0. The van der Waals surface area contributed by atoms with Gasteiger partial charge in [-0.3, -0.25) is 14.1 Å². The Morgan fingerprint density at radius 1 is 1.12 bits per heavy atom. The van der Waals surface area contributed by atoms with Crippen molar-refractivity contribution in [1.29, 1.82) is 0 Å². The molecule has 0 radical (unpaired) electrons. The van der Waals surface area contributed by atoms with Gasteiger partial charge in [-0.15, -0.1) is 0 Å². The zero-order chi connectivity index (χ0) is 17.2. The second kappa shape index (κ2) is 6.74. The molecule has 0 unspecified atom stereocenters. The van der Waals surface area contributed by atoms with Gasteiger partial charge in [-0.1, -0.05) is 6.07 Å². The Hall–Kier alpha value is -2.57. The SMILES string of the molecule is O=C(c1ccc(F)cc1)c1nc(CN2CCOCC2)c2ccccn12. The maximum absolute atomic E-state index is 13.1. The average Bonchev–Trinajstić information content (AvgIpc) is 3.01. The number of pyridine rings is 1. The third kappa shape index (κ3) is 3.18. The topological polar surface area (TPSA) is 46.8 Å². The number of fused-ring (bicyclic) bond motifs is 1. The Kier molecular flexibility index (Phi) is 4.29. The van der Waals surface area contributed by atoms with Crippen LogP contribution in [0.5, 0.6) is 0 Å². The van der Waals surface area contributed by atoms with Crippen LogP contribution in [0.2, 0.25) is 0 Å². The Balaban J connectivity index is 1.71. The summed E-state index contributed by atoms with van der Waals surface area (Å²) in [5.41, 5.74) is 2.21. The van der Waals surface area contributed by atoms with E-state index in [1.165, 1.54) is 24.3 Å². The predicted octanol–water partition coefficient (Wildman–Crippen LogP) is 2.54. The molecule has 0 aliphatic carbocycles. The van der Waals surface area contributed by atoms with Crippen molar-refractivity contribution >= 4 is 11.3 Å². The number of morpholine rings is 1. The number of ether oxygens (including phenoxy) is 1. The Morgan fingerprint density at radius 3 is 2.64 bits per heavy atom. The van der Waals surface area contributed by atoms with E-state index in [1.807, 2.05) is 28.8 Å². The normalized spacial score (nSPS) is 15.6. The van der Waals surface area contributed by atoms with E-state index >= 15 is 0 Å². The van der Waals surface area contributed by atoms with E-state index in [4.69, 9.17) is 4.74 Å². The first-order valence-electron chi connectivity index (χ1n) is 8.29. The molecular weight excluding hydrogens is 321 g/mol. The van der Waals surface area contributed by atoms with E-state index in [9.17, 15) is 9.18 Å². The van der Waals surface area contributed by atoms with Gasteiger partial charge in [0.25, 0.3) is 0 Å². The van der Waals surface area contributed by atoms with Crippen LogP contribution in [0.4, 0.5) is 4.39 Å². The molecule has 0 spiro atoms. The van der Waals surface area contributed by atoms with Gasteiger partial charge in [0.1, 0.15) is 5.82 Å². The lowest BCUT2D eigenvalue weighted by atomic mass is 10.1. The van der Waals surface area contributed by atoms with Gasteiger partial charge in [-0.05, 0) is 36.4 Å². The Labute approximate surface area is 144 Å². The molecule has 0 amide bonds. The number of carbonyl (C=O) groups is 1.